The summed E-state index contributed by atoms with van der Waals surface area (Å²) in [7, 11) is 0. The maximum atomic E-state index is 4.36. The zero-order valence-corrected chi connectivity index (χ0v) is 31.5. The van der Waals surface area contributed by atoms with E-state index in [0.717, 1.165) is 47.3 Å². The average molecular weight is 665 g/mol. The van der Waals surface area contributed by atoms with E-state index in [-0.39, 0.29) is 0 Å². The van der Waals surface area contributed by atoms with Crippen molar-refractivity contribution >= 4 is 0 Å². The molecule has 0 spiro atoms. The van der Waals surface area contributed by atoms with Crippen LogP contribution in [0.3, 0.4) is 0 Å². The fraction of sp³-hybridized carbons (Fsp3) is 1.00. The molecule has 9 fully saturated rings. The Labute approximate surface area is 292 Å². The summed E-state index contributed by atoms with van der Waals surface area (Å²) in [5.41, 5.74) is 0. The summed E-state index contributed by atoms with van der Waals surface area (Å²) < 4.78 is 0. The molecule has 0 aromatic heterocycles. The Bertz CT molecular complexity index is 912. The Morgan fingerprint density at radius 2 is 0.312 bits per heavy atom. The Balaban J connectivity index is 1.07. The van der Waals surface area contributed by atoms with Crippen molar-refractivity contribution in [3.05, 3.63) is 0 Å². The van der Waals surface area contributed by atoms with E-state index in [1.54, 1.807) is 0 Å². The molecule has 16 atom stereocenters. The standard InChI is InChI=1S/C40H72N8/c1-17-9-25-26(10-18(17)2)34-41-33(25)45-35-27-11-19(3)20(4)12-28(27)37(42-35)47-39-31-15-23(7)24(8)16-32(31)40(44-39)48-38-30-14-22(6)21(5)13-29(30)36(43-38)46-34/h17-48H,9-16H2,1-8H3. The Morgan fingerprint density at radius 3 is 0.417 bits per heavy atom. The second kappa shape index (κ2) is 12.7. The molecule has 9 aliphatic rings. The van der Waals surface area contributed by atoms with Crippen molar-refractivity contribution in [1.29, 1.82) is 0 Å². The molecule has 8 nitrogen and oxygen atoms in total. The molecule has 5 aliphatic heterocycles. The van der Waals surface area contributed by atoms with Crippen LogP contribution in [0.15, 0.2) is 0 Å². The molecule has 8 bridgehead atoms. The van der Waals surface area contributed by atoms with Gasteiger partial charge in [-0.3, -0.25) is 42.5 Å². The van der Waals surface area contributed by atoms with Gasteiger partial charge in [0.1, 0.15) is 0 Å². The van der Waals surface area contributed by atoms with Gasteiger partial charge in [0.15, 0.2) is 0 Å². The number of hydrogen-bond acceptors (Lipinski definition) is 8. The number of hydrogen-bond donors (Lipinski definition) is 8. The molecule has 48 heavy (non-hydrogen) atoms. The van der Waals surface area contributed by atoms with E-state index in [1.165, 1.54) is 51.4 Å². The lowest BCUT2D eigenvalue weighted by Crippen LogP contribution is -2.61. The van der Waals surface area contributed by atoms with E-state index < -0.39 is 0 Å². The molecule has 0 radical (unpaired) electrons. The normalized spacial score (nSPS) is 62.5. The third kappa shape index (κ3) is 5.59. The molecule has 8 heteroatoms. The first kappa shape index (κ1) is 33.5. The predicted octanol–water partition coefficient (Wildman–Crippen LogP) is 4.57. The Hall–Kier alpha value is -0.320. The molecule has 0 aromatic carbocycles. The van der Waals surface area contributed by atoms with Crippen LogP contribution in [0.25, 0.3) is 0 Å². The summed E-state index contributed by atoms with van der Waals surface area (Å²) in [5.74, 6) is 11.7. The van der Waals surface area contributed by atoms with Gasteiger partial charge in [0, 0.05) is 0 Å². The molecular weight excluding hydrogens is 592 g/mol. The summed E-state index contributed by atoms with van der Waals surface area (Å²) in [6, 6.07) is 0. The Kier molecular flexibility index (Phi) is 8.85. The smallest absolute Gasteiger partial charge is 0.0628 e. The largest absolute Gasteiger partial charge is 0.286 e. The molecule has 272 valence electrons. The predicted molar refractivity (Wildman–Crippen MR) is 194 cm³/mol. The number of nitrogens with one attached hydrogen (secondary N) is 8. The first-order chi connectivity index (χ1) is 23.0. The van der Waals surface area contributed by atoms with E-state index in [2.05, 4.69) is 97.9 Å². The number of fused-ring (bicyclic) bond motifs is 20. The highest BCUT2D eigenvalue weighted by molar-refractivity contribution is 5.10. The molecule has 5 heterocycles. The van der Waals surface area contributed by atoms with Gasteiger partial charge >= 0.3 is 0 Å². The molecule has 9 rings (SSSR count). The van der Waals surface area contributed by atoms with Crippen LogP contribution in [-0.2, 0) is 0 Å². The first-order valence-electron chi connectivity index (χ1n) is 21.1. The van der Waals surface area contributed by atoms with Crippen LogP contribution in [-0.4, -0.2) is 49.3 Å². The minimum Gasteiger partial charge on any atom is -0.286 e. The van der Waals surface area contributed by atoms with Crippen LogP contribution >= 0.6 is 0 Å². The molecule has 4 saturated carbocycles. The van der Waals surface area contributed by atoms with Gasteiger partial charge in [-0.05, 0) is 146 Å². The van der Waals surface area contributed by atoms with Crippen molar-refractivity contribution in [3.8, 4) is 0 Å². The summed E-state index contributed by atoms with van der Waals surface area (Å²) in [4.78, 5) is 0. The minimum atomic E-state index is 0.359. The van der Waals surface area contributed by atoms with E-state index in [0.29, 0.717) is 96.7 Å². The summed E-state index contributed by atoms with van der Waals surface area (Å²) >= 11 is 0. The van der Waals surface area contributed by atoms with Gasteiger partial charge in [0.25, 0.3) is 0 Å². The van der Waals surface area contributed by atoms with Gasteiger partial charge in [-0.1, -0.05) is 55.4 Å². The van der Waals surface area contributed by atoms with Gasteiger partial charge in [0.05, 0.1) is 49.3 Å². The van der Waals surface area contributed by atoms with Crippen LogP contribution in [0.2, 0.25) is 0 Å². The zero-order chi connectivity index (χ0) is 33.2. The van der Waals surface area contributed by atoms with Crippen LogP contribution < -0.4 is 42.5 Å². The third-order valence-electron chi connectivity index (χ3n) is 17.5. The fourth-order valence-corrected chi connectivity index (χ4v) is 13.7. The van der Waals surface area contributed by atoms with E-state index in [1.807, 2.05) is 0 Å². The molecule has 0 aromatic rings. The highest BCUT2D eigenvalue weighted by Gasteiger charge is 2.57. The second-order valence-electron chi connectivity index (χ2n) is 20.2. The van der Waals surface area contributed by atoms with E-state index in [4.69, 9.17) is 0 Å². The van der Waals surface area contributed by atoms with Crippen LogP contribution in [0.4, 0.5) is 0 Å². The lowest BCUT2D eigenvalue weighted by Gasteiger charge is -2.41. The highest BCUT2D eigenvalue weighted by atomic mass is 15.4. The van der Waals surface area contributed by atoms with Crippen molar-refractivity contribution in [3.63, 3.8) is 0 Å². The van der Waals surface area contributed by atoms with Gasteiger partial charge in [-0.15, -0.1) is 0 Å². The zero-order valence-electron chi connectivity index (χ0n) is 31.5. The summed E-state index contributed by atoms with van der Waals surface area (Å²) in [6.07, 6.45) is 13.5. The SMILES string of the molecule is CC1CC2C3NC(NC4NC(NC5NC(NC6NC(N3)C3CC(C)C(C)CC63)C3CC(C)C(C)CC53)C3CC(C)C(C)CC43)C2CC1C. The highest BCUT2D eigenvalue weighted by Crippen LogP contribution is 2.50. The second-order valence-corrected chi connectivity index (χ2v) is 20.2. The quantitative estimate of drug-likeness (QED) is 0.191. The Morgan fingerprint density at radius 1 is 0.208 bits per heavy atom. The molecule has 5 saturated heterocycles. The van der Waals surface area contributed by atoms with Crippen LogP contribution in [0.1, 0.15) is 107 Å². The van der Waals surface area contributed by atoms with Gasteiger partial charge < -0.3 is 0 Å². The lowest BCUT2D eigenvalue weighted by molar-refractivity contribution is 0.0912. The summed E-state index contributed by atoms with van der Waals surface area (Å²) in [6.45, 7) is 20.2. The first-order valence-corrected chi connectivity index (χ1v) is 21.1. The van der Waals surface area contributed by atoms with E-state index >= 15 is 0 Å². The van der Waals surface area contributed by atoms with Crippen molar-refractivity contribution in [2.24, 2.45) is 94.7 Å². The van der Waals surface area contributed by atoms with Gasteiger partial charge in [0.2, 0.25) is 0 Å². The monoisotopic (exact) mass is 665 g/mol. The summed E-state index contributed by atoms with van der Waals surface area (Å²) in [5, 5.41) is 34.5. The van der Waals surface area contributed by atoms with Crippen molar-refractivity contribution in [1.82, 2.24) is 42.5 Å². The molecule has 16 unspecified atom stereocenters. The molecule has 0 amide bonds. The number of rotatable bonds is 0. The molecule has 8 N–H and O–H groups in total. The topological polar surface area (TPSA) is 96.2 Å². The lowest BCUT2D eigenvalue weighted by atomic mass is 9.67. The third-order valence-corrected chi connectivity index (χ3v) is 17.5. The molecule has 4 aliphatic carbocycles. The van der Waals surface area contributed by atoms with E-state index in [9.17, 15) is 0 Å². The minimum absolute atomic E-state index is 0.359. The molecular formula is C40H72N8. The van der Waals surface area contributed by atoms with Crippen molar-refractivity contribution < 1.29 is 0 Å². The van der Waals surface area contributed by atoms with Crippen LogP contribution in [0.5, 0.6) is 0 Å². The average Bonchev–Trinajstić information content (AvgIpc) is 3.74. The van der Waals surface area contributed by atoms with Gasteiger partial charge in [-0.2, -0.15) is 0 Å². The maximum Gasteiger partial charge on any atom is 0.0628 e. The van der Waals surface area contributed by atoms with Crippen LogP contribution in [0, 0.1) is 94.7 Å². The van der Waals surface area contributed by atoms with Gasteiger partial charge in [-0.25, -0.2) is 0 Å². The fourth-order valence-electron chi connectivity index (χ4n) is 13.7. The van der Waals surface area contributed by atoms with Crippen molar-refractivity contribution in [2.45, 2.75) is 156 Å². The van der Waals surface area contributed by atoms with Crippen molar-refractivity contribution in [2.75, 3.05) is 0 Å². The maximum absolute atomic E-state index is 4.36.